The van der Waals surface area contributed by atoms with Gasteiger partial charge in [0.15, 0.2) is 0 Å². The van der Waals surface area contributed by atoms with Crippen LogP contribution in [0, 0.1) is 11.8 Å². The van der Waals surface area contributed by atoms with E-state index in [2.05, 4.69) is 20.9 Å². The van der Waals surface area contributed by atoms with Gasteiger partial charge in [0.05, 0.1) is 0 Å². The van der Waals surface area contributed by atoms with Crippen molar-refractivity contribution in [2.75, 3.05) is 6.54 Å². The molecule has 0 fully saturated rings. The average Bonchev–Trinajstić information content (AvgIpc) is 3.46. The summed E-state index contributed by atoms with van der Waals surface area (Å²) in [5, 5.41) is 18.8. The molecule has 0 saturated heterocycles. The third-order valence-electron chi connectivity index (χ3n) is 8.81. The lowest BCUT2D eigenvalue weighted by Crippen LogP contribution is -2.59. The Labute approximate surface area is 268 Å². The van der Waals surface area contributed by atoms with Crippen LogP contribution in [0.1, 0.15) is 104 Å². The molecule has 4 amide bonds. The van der Waals surface area contributed by atoms with Crippen LogP contribution in [0.15, 0.2) is 30.5 Å². The standard InChI is InChI=1S/C34H56N6O5/c1-5-23(3)30(38-29(41)19-13-11-9-7-8-10-12-16-20-35)34(44)39-31(24(4)6-2)33(43)37-28(32(42)40-45)21-25-22-36-27-18-15-14-17-26(25)27/h14-15,17-18,22-24,28,30-31,36,45H,5-13,16,19-21,35H2,1-4H3,(H,37,43)(H,38,41)(H,39,44)(H,40,42)/t23-,24-,28-,30-,31-/m0/s1. The van der Waals surface area contributed by atoms with Gasteiger partial charge in [-0.2, -0.15) is 0 Å². The summed E-state index contributed by atoms with van der Waals surface area (Å²) >= 11 is 0. The monoisotopic (exact) mass is 628 g/mol. The second-order valence-electron chi connectivity index (χ2n) is 12.3. The molecule has 0 aliphatic carbocycles. The quantitative estimate of drug-likeness (QED) is 0.0583. The van der Waals surface area contributed by atoms with E-state index in [-0.39, 0.29) is 24.2 Å². The van der Waals surface area contributed by atoms with Crippen molar-refractivity contribution in [2.24, 2.45) is 17.6 Å². The molecule has 0 spiro atoms. The van der Waals surface area contributed by atoms with Crippen LogP contribution in [-0.2, 0) is 25.6 Å². The molecule has 45 heavy (non-hydrogen) atoms. The molecule has 2 aromatic rings. The number of carbonyl (C=O) groups excluding carboxylic acids is 4. The van der Waals surface area contributed by atoms with Crippen molar-refractivity contribution in [3.8, 4) is 0 Å². The summed E-state index contributed by atoms with van der Waals surface area (Å²) in [7, 11) is 0. The SMILES string of the molecule is CC[C@H](C)[C@H](NC(=O)CCCCCCCCCCN)C(=O)N[C@H](C(=O)N[C@@H](Cc1c[nH]c2ccccc12)C(=O)NO)[C@@H](C)CC. The van der Waals surface area contributed by atoms with Crippen molar-refractivity contribution in [3.05, 3.63) is 36.0 Å². The molecule has 0 unspecified atom stereocenters. The zero-order chi connectivity index (χ0) is 33.2. The van der Waals surface area contributed by atoms with Crippen LogP contribution in [0.2, 0.25) is 0 Å². The number of nitrogens with two attached hydrogens (primary N) is 1. The molecule has 2 rings (SSSR count). The van der Waals surface area contributed by atoms with E-state index in [0.717, 1.165) is 55.1 Å². The lowest BCUT2D eigenvalue weighted by atomic mass is 9.94. The average molecular weight is 629 g/mol. The van der Waals surface area contributed by atoms with E-state index < -0.39 is 35.8 Å². The fourth-order valence-electron chi connectivity index (χ4n) is 5.45. The maximum Gasteiger partial charge on any atom is 0.266 e. The minimum Gasteiger partial charge on any atom is -0.361 e. The molecule has 0 bridgehead atoms. The number of rotatable bonds is 22. The summed E-state index contributed by atoms with van der Waals surface area (Å²) in [6, 6.07) is 4.76. The molecule has 0 saturated carbocycles. The predicted octanol–water partition coefficient (Wildman–Crippen LogP) is 4.23. The lowest BCUT2D eigenvalue weighted by Gasteiger charge is -2.29. The second kappa shape index (κ2) is 20.6. The van der Waals surface area contributed by atoms with Crippen molar-refractivity contribution in [1.82, 2.24) is 26.4 Å². The number of aromatic nitrogens is 1. The first-order chi connectivity index (χ1) is 21.7. The Morgan fingerprint density at radius 1 is 0.778 bits per heavy atom. The summed E-state index contributed by atoms with van der Waals surface area (Å²) in [6.45, 7) is 8.35. The summed E-state index contributed by atoms with van der Waals surface area (Å²) in [5.74, 6) is -2.33. The van der Waals surface area contributed by atoms with Crippen LogP contribution in [0.5, 0.6) is 0 Å². The molecule has 5 atom stereocenters. The van der Waals surface area contributed by atoms with E-state index in [0.29, 0.717) is 19.3 Å². The second-order valence-corrected chi connectivity index (χ2v) is 12.3. The molecule has 11 heteroatoms. The molecular formula is C34H56N6O5. The van der Waals surface area contributed by atoms with Crippen LogP contribution in [0.25, 0.3) is 10.9 Å². The number of amides is 4. The topological polar surface area (TPSA) is 178 Å². The minimum absolute atomic E-state index is 0.128. The molecule has 0 radical (unpaired) electrons. The Morgan fingerprint density at radius 3 is 1.93 bits per heavy atom. The molecular weight excluding hydrogens is 572 g/mol. The van der Waals surface area contributed by atoms with Crippen molar-refractivity contribution in [1.29, 1.82) is 0 Å². The normalized spacial score (nSPS) is 14.6. The molecule has 1 heterocycles. The van der Waals surface area contributed by atoms with E-state index in [4.69, 9.17) is 5.73 Å². The number of benzene rings is 1. The van der Waals surface area contributed by atoms with E-state index in [1.54, 1.807) is 11.7 Å². The van der Waals surface area contributed by atoms with Crippen molar-refractivity contribution < 1.29 is 24.4 Å². The van der Waals surface area contributed by atoms with Crippen molar-refractivity contribution >= 4 is 34.5 Å². The number of nitrogens with one attached hydrogen (secondary N) is 5. The van der Waals surface area contributed by atoms with Crippen molar-refractivity contribution in [3.63, 3.8) is 0 Å². The smallest absolute Gasteiger partial charge is 0.266 e. The third-order valence-corrected chi connectivity index (χ3v) is 8.81. The number of hydroxylamine groups is 1. The Hall–Kier alpha value is -3.44. The maximum atomic E-state index is 13.6. The van der Waals surface area contributed by atoms with Crippen LogP contribution in [0.4, 0.5) is 0 Å². The van der Waals surface area contributed by atoms with Crippen LogP contribution < -0.4 is 27.2 Å². The van der Waals surface area contributed by atoms with E-state index in [1.165, 1.54) is 19.3 Å². The van der Waals surface area contributed by atoms with Gasteiger partial charge in [0.1, 0.15) is 18.1 Å². The Bertz CT molecular complexity index is 1200. The van der Waals surface area contributed by atoms with Gasteiger partial charge in [-0.3, -0.25) is 24.4 Å². The number of unbranched alkanes of at least 4 members (excludes halogenated alkanes) is 7. The van der Waals surface area contributed by atoms with Crippen molar-refractivity contribution in [2.45, 2.75) is 123 Å². The fourth-order valence-corrected chi connectivity index (χ4v) is 5.45. The lowest BCUT2D eigenvalue weighted by molar-refractivity contribution is -0.137. The number of hydrogen-bond acceptors (Lipinski definition) is 6. The Morgan fingerprint density at radius 2 is 1.33 bits per heavy atom. The zero-order valence-electron chi connectivity index (χ0n) is 27.6. The third kappa shape index (κ3) is 12.5. The van der Waals surface area contributed by atoms with Crippen LogP contribution >= 0.6 is 0 Å². The number of H-pyrrole nitrogens is 1. The minimum atomic E-state index is -1.08. The van der Waals surface area contributed by atoms with E-state index in [1.807, 2.05) is 52.0 Å². The molecule has 1 aromatic heterocycles. The number of hydrogen-bond donors (Lipinski definition) is 7. The van der Waals surface area contributed by atoms with Gasteiger partial charge in [0, 0.05) is 29.9 Å². The molecule has 0 aliphatic rings. The number of aromatic amines is 1. The summed E-state index contributed by atoms with van der Waals surface area (Å²) in [4.78, 5) is 55.8. The maximum absolute atomic E-state index is 13.6. The Balaban J connectivity index is 2.03. The highest BCUT2D eigenvalue weighted by Gasteiger charge is 2.34. The largest absolute Gasteiger partial charge is 0.361 e. The van der Waals surface area contributed by atoms with Gasteiger partial charge in [-0.05, 0) is 42.9 Å². The molecule has 11 nitrogen and oxygen atoms in total. The van der Waals surface area contributed by atoms with Gasteiger partial charge >= 0.3 is 0 Å². The van der Waals surface area contributed by atoms with Gasteiger partial charge in [-0.15, -0.1) is 0 Å². The highest BCUT2D eigenvalue weighted by molar-refractivity contribution is 5.95. The number of carbonyl (C=O) groups is 4. The van der Waals surface area contributed by atoms with Gasteiger partial charge in [0.25, 0.3) is 5.91 Å². The molecule has 252 valence electrons. The highest BCUT2D eigenvalue weighted by atomic mass is 16.5. The first-order valence-corrected chi connectivity index (χ1v) is 16.8. The van der Waals surface area contributed by atoms with Gasteiger partial charge in [-0.25, -0.2) is 5.48 Å². The van der Waals surface area contributed by atoms with Crippen LogP contribution in [0.3, 0.4) is 0 Å². The predicted molar refractivity (Wildman–Crippen MR) is 177 cm³/mol. The van der Waals surface area contributed by atoms with E-state index in [9.17, 15) is 24.4 Å². The zero-order valence-corrected chi connectivity index (χ0v) is 27.6. The number of fused-ring (bicyclic) bond motifs is 1. The van der Waals surface area contributed by atoms with Gasteiger partial charge in [0.2, 0.25) is 17.7 Å². The van der Waals surface area contributed by atoms with E-state index >= 15 is 0 Å². The molecule has 1 aromatic carbocycles. The summed E-state index contributed by atoms with van der Waals surface area (Å²) in [6.07, 6.45) is 12.0. The first kappa shape index (κ1) is 37.7. The van der Waals surface area contributed by atoms with Gasteiger partial charge < -0.3 is 26.7 Å². The van der Waals surface area contributed by atoms with Gasteiger partial charge in [-0.1, -0.05) is 97.3 Å². The fraction of sp³-hybridized carbons (Fsp3) is 0.647. The first-order valence-electron chi connectivity index (χ1n) is 16.8. The summed E-state index contributed by atoms with van der Waals surface area (Å²) in [5.41, 5.74) is 8.87. The summed E-state index contributed by atoms with van der Waals surface area (Å²) < 4.78 is 0. The molecule has 0 aliphatic heterocycles. The highest BCUT2D eigenvalue weighted by Crippen LogP contribution is 2.20. The molecule has 8 N–H and O–H groups in total. The Kier molecular flexibility index (Phi) is 17.2. The number of para-hydroxylation sites is 1. The van der Waals surface area contributed by atoms with Crippen LogP contribution in [-0.4, -0.2) is 58.5 Å².